The topological polar surface area (TPSA) is 107 Å². The van der Waals surface area contributed by atoms with Gasteiger partial charge in [-0.1, -0.05) is 41.4 Å². The van der Waals surface area contributed by atoms with Gasteiger partial charge in [0.25, 0.3) is 5.91 Å². The molecule has 4 fully saturated rings. The molecule has 4 aliphatic rings. The maximum Gasteiger partial charge on any atom is 0.306 e. The van der Waals surface area contributed by atoms with Crippen molar-refractivity contribution in [1.82, 2.24) is 19.3 Å². The number of likely N-dealkylation sites (tertiary alicyclic amines) is 1. The minimum Gasteiger partial charge on any atom is -0.481 e. The monoisotopic (exact) mass is 723 g/mol. The summed E-state index contributed by atoms with van der Waals surface area (Å²) in [5, 5.41) is 14.0. The van der Waals surface area contributed by atoms with Crippen LogP contribution in [0.3, 0.4) is 0 Å². The van der Waals surface area contributed by atoms with Gasteiger partial charge in [-0.15, -0.1) is 0 Å². The molecule has 0 radical (unpaired) electrons. The number of nitrogens with one attached hydrogen (secondary N) is 1. The van der Waals surface area contributed by atoms with Crippen molar-refractivity contribution in [3.05, 3.63) is 63.8 Å². The number of anilines is 1. The third-order valence-corrected chi connectivity index (χ3v) is 11.8. The summed E-state index contributed by atoms with van der Waals surface area (Å²) in [6.07, 6.45) is 8.37. The average Bonchev–Trinajstić information content (AvgIpc) is 3.61. The van der Waals surface area contributed by atoms with Gasteiger partial charge in [-0.3, -0.25) is 24.2 Å². The summed E-state index contributed by atoms with van der Waals surface area (Å²) in [6.45, 7) is 5.73. The highest BCUT2D eigenvalue weighted by Crippen LogP contribution is 2.38. The van der Waals surface area contributed by atoms with Gasteiger partial charge >= 0.3 is 5.97 Å². The molecule has 10 nitrogen and oxygen atoms in total. The fraction of sp³-hybridized carbons (Fsp3) is 0.553. The number of para-hydroxylation sites is 1. The Labute approximate surface area is 303 Å². The summed E-state index contributed by atoms with van der Waals surface area (Å²) in [6, 6.07) is 11.0. The first-order chi connectivity index (χ1) is 24.1. The smallest absolute Gasteiger partial charge is 0.306 e. The summed E-state index contributed by atoms with van der Waals surface area (Å²) < 4.78 is 8.99. The number of ketones is 1. The van der Waals surface area contributed by atoms with E-state index in [1.54, 1.807) is 18.3 Å². The van der Waals surface area contributed by atoms with Gasteiger partial charge in [0, 0.05) is 81.4 Å². The van der Waals surface area contributed by atoms with Crippen molar-refractivity contribution in [2.24, 2.45) is 18.9 Å². The summed E-state index contributed by atoms with van der Waals surface area (Å²) >= 11 is 13.7. The molecule has 1 aromatic heterocycles. The quantitative estimate of drug-likeness (QED) is 0.225. The van der Waals surface area contributed by atoms with E-state index >= 15 is 0 Å². The number of benzene rings is 2. The maximum atomic E-state index is 15.0. The summed E-state index contributed by atoms with van der Waals surface area (Å²) in [4.78, 5) is 47.1. The Hall–Kier alpha value is -2.99. The number of fused-ring (bicyclic) bond motifs is 1. The molecule has 268 valence electrons. The standard InChI is InChI=1S/C38H47Cl2N5O5/c1-42-24-30(29-6-2-3-7-34(29)42)36(47)41-33-22-31(39)27(20-32(33)40)21-35(46)38(44-14-4-5-15-44,50-28-12-10-26(11-13-28)37(48)49)45-18-16-43(17-19-45)23-25-8-9-25/h2-3,6-7,20,22,24-26,28H,4-5,8-19,21,23H2,1H3,(H,41,47)(H,48,49). The highest BCUT2D eigenvalue weighted by atomic mass is 35.5. The molecular weight excluding hydrogens is 677 g/mol. The Morgan fingerprint density at radius 1 is 0.900 bits per heavy atom. The van der Waals surface area contributed by atoms with Gasteiger partial charge in [0.2, 0.25) is 5.85 Å². The van der Waals surface area contributed by atoms with Crippen molar-refractivity contribution in [1.29, 1.82) is 0 Å². The number of hydrogen-bond acceptors (Lipinski definition) is 7. The van der Waals surface area contributed by atoms with E-state index < -0.39 is 11.8 Å². The van der Waals surface area contributed by atoms with Crippen LogP contribution >= 0.6 is 23.2 Å². The third kappa shape index (κ3) is 7.34. The van der Waals surface area contributed by atoms with E-state index in [0.29, 0.717) is 65.6 Å². The number of Topliss-reactive ketones (excluding diaryl/α,β-unsaturated/α-hetero) is 1. The van der Waals surface area contributed by atoms with Crippen molar-refractivity contribution in [3.63, 3.8) is 0 Å². The van der Waals surface area contributed by atoms with Crippen LogP contribution in [0.4, 0.5) is 5.69 Å². The zero-order chi connectivity index (χ0) is 35.0. The zero-order valence-corrected chi connectivity index (χ0v) is 30.2. The van der Waals surface area contributed by atoms with Crippen molar-refractivity contribution in [2.75, 3.05) is 51.1 Å². The number of aliphatic carboxylic acids is 1. The van der Waals surface area contributed by atoms with Gasteiger partial charge in [0.1, 0.15) is 0 Å². The van der Waals surface area contributed by atoms with Crippen LogP contribution in [0, 0.1) is 11.8 Å². The second-order valence-electron chi connectivity index (χ2n) is 14.6. The molecule has 7 rings (SSSR count). The van der Waals surface area contributed by atoms with Gasteiger partial charge in [-0.2, -0.15) is 0 Å². The van der Waals surface area contributed by atoms with Crippen LogP contribution in [-0.4, -0.2) is 99.8 Å². The summed E-state index contributed by atoms with van der Waals surface area (Å²) in [5.74, 6) is -2.04. The average molecular weight is 725 g/mol. The highest BCUT2D eigenvalue weighted by Gasteiger charge is 2.53. The lowest BCUT2D eigenvalue weighted by Crippen LogP contribution is -2.70. The van der Waals surface area contributed by atoms with Crippen molar-refractivity contribution in [3.8, 4) is 0 Å². The van der Waals surface area contributed by atoms with Crippen LogP contribution in [0.2, 0.25) is 10.0 Å². The molecule has 1 amide bonds. The SMILES string of the molecule is Cn1cc(C(=O)Nc2cc(Cl)c(CC(=O)C(OC3CCC(C(=O)O)CC3)(N3CCCC3)N3CCN(CC4CC4)CC3)cc2Cl)c2ccccc21. The number of aromatic nitrogens is 1. The van der Waals surface area contributed by atoms with Crippen LogP contribution < -0.4 is 5.32 Å². The van der Waals surface area contributed by atoms with Gasteiger partial charge in [-0.05, 0) is 81.0 Å². The minimum atomic E-state index is -1.29. The van der Waals surface area contributed by atoms with Gasteiger partial charge in [-0.25, -0.2) is 0 Å². The molecular formula is C38H47Cl2N5O5. The molecule has 50 heavy (non-hydrogen) atoms. The Bertz CT molecular complexity index is 1740. The molecule has 2 N–H and O–H groups in total. The predicted octanol–water partition coefficient (Wildman–Crippen LogP) is 6.29. The van der Waals surface area contributed by atoms with E-state index in [1.807, 2.05) is 35.9 Å². The first-order valence-corrected chi connectivity index (χ1v) is 18.9. The number of carboxylic acid groups (broad SMARTS) is 1. The number of halogens is 2. The highest BCUT2D eigenvalue weighted by molar-refractivity contribution is 6.36. The molecule has 0 spiro atoms. The second kappa shape index (κ2) is 14.9. The fourth-order valence-corrected chi connectivity index (χ4v) is 8.63. The number of ether oxygens (including phenoxy) is 1. The Morgan fingerprint density at radius 2 is 1.58 bits per heavy atom. The van der Waals surface area contributed by atoms with Crippen molar-refractivity contribution >= 4 is 57.5 Å². The van der Waals surface area contributed by atoms with E-state index in [2.05, 4.69) is 20.0 Å². The predicted molar refractivity (Wildman–Crippen MR) is 195 cm³/mol. The number of carbonyl (C=O) groups excluding carboxylic acids is 2. The van der Waals surface area contributed by atoms with Crippen molar-refractivity contribution < 1.29 is 24.2 Å². The third-order valence-electron chi connectivity index (χ3n) is 11.1. The van der Waals surface area contributed by atoms with E-state index in [9.17, 15) is 19.5 Å². The number of nitrogens with zero attached hydrogens (tertiary/aromatic N) is 4. The van der Waals surface area contributed by atoms with Crippen LogP contribution in [0.25, 0.3) is 10.9 Å². The fourth-order valence-electron chi connectivity index (χ4n) is 8.17. The van der Waals surface area contributed by atoms with Crippen LogP contribution in [-0.2, 0) is 27.8 Å². The molecule has 1 atom stereocenters. The van der Waals surface area contributed by atoms with E-state index in [1.165, 1.54) is 12.8 Å². The molecule has 2 saturated heterocycles. The number of carbonyl (C=O) groups is 3. The Kier molecular flexibility index (Phi) is 10.6. The lowest BCUT2D eigenvalue weighted by Gasteiger charge is -2.52. The summed E-state index contributed by atoms with van der Waals surface area (Å²) in [5.41, 5.74) is 2.41. The number of amides is 1. The molecule has 2 aromatic carbocycles. The molecule has 12 heteroatoms. The Morgan fingerprint density at radius 3 is 2.26 bits per heavy atom. The first-order valence-electron chi connectivity index (χ1n) is 18.1. The van der Waals surface area contributed by atoms with Crippen molar-refractivity contribution in [2.45, 2.75) is 69.7 Å². The molecule has 3 heterocycles. The van der Waals surface area contributed by atoms with Gasteiger partial charge in [0.15, 0.2) is 5.78 Å². The Balaban J connectivity index is 1.14. The lowest BCUT2D eigenvalue weighted by molar-refractivity contribution is -0.260. The number of piperazine rings is 1. The number of hydrogen-bond donors (Lipinski definition) is 2. The molecule has 3 aromatic rings. The summed E-state index contributed by atoms with van der Waals surface area (Å²) in [7, 11) is 1.90. The normalized spacial score (nSPS) is 23.6. The largest absolute Gasteiger partial charge is 0.481 e. The van der Waals surface area contributed by atoms with Crippen LogP contribution in [0.5, 0.6) is 0 Å². The molecule has 2 aliphatic carbocycles. The van der Waals surface area contributed by atoms with Crippen LogP contribution in [0.15, 0.2) is 42.6 Å². The van der Waals surface area contributed by atoms with E-state index in [-0.39, 0.29) is 30.1 Å². The van der Waals surface area contributed by atoms with Gasteiger partial charge < -0.3 is 24.6 Å². The second-order valence-corrected chi connectivity index (χ2v) is 15.4. The number of aryl methyl sites for hydroxylation is 1. The number of rotatable bonds is 12. The molecule has 2 aliphatic heterocycles. The maximum absolute atomic E-state index is 15.0. The first kappa shape index (κ1) is 35.4. The van der Waals surface area contributed by atoms with Crippen LogP contribution in [0.1, 0.15) is 67.3 Å². The van der Waals surface area contributed by atoms with Gasteiger partial charge in [0.05, 0.1) is 28.3 Å². The zero-order valence-electron chi connectivity index (χ0n) is 28.7. The van der Waals surface area contributed by atoms with E-state index in [0.717, 1.165) is 62.4 Å². The minimum absolute atomic E-state index is 0.000633. The lowest BCUT2D eigenvalue weighted by atomic mass is 9.87. The number of carboxylic acids is 1. The molecule has 0 bridgehead atoms. The molecule has 1 unspecified atom stereocenters. The molecule has 2 saturated carbocycles. The van der Waals surface area contributed by atoms with E-state index in [4.69, 9.17) is 27.9 Å².